The van der Waals surface area contributed by atoms with Gasteiger partial charge in [-0.2, -0.15) is 0 Å². The van der Waals surface area contributed by atoms with Gasteiger partial charge in [-0.25, -0.2) is 0 Å². The molecule has 5 heteroatoms. The lowest BCUT2D eigenvalue weighted by atomic mass is 10.1. The molecule has 1 atom stereocenters. The molecule has 1 heterocycles. The molecule has 1 amide bonds. The van der Waals surface area contributed by atoms with Crippen LogP contribution < -0.4 is 14.8 Å². The average Bonchev–Trinajstić information content (AvgIpc) is 2.84. The molecular formula is C20H20ClNO3. The molecule has 2 aromatic rings. The molecule has 0 saturated carbocycles. The minimum Gasteiger partial charge on any atom is -0.489 e. The minimum atomic E-state index is -0.00717. The summed E-state index contributed by atoms with van der Waals surface area (Å²) < 4.78 is 11.3. The summed E-state index contributed by atoms with van der Waals surface area (Å²) in [7, 11) is 0. The van der Waals surface area contributed by atoms with E-state index in [4.69, 9.17) is 21.1 Å². The summed E-state index contributed by atoms with van der Waals surface area (Å²) in [5, 5.41) is 3.64. The number of aryl methyl sites for hydroxylation is 1. The lowest BCUT2D eigenvalue weighted by Gasteiger charge is -2.15. The lowest BCUT2D eigenvalue weighted by Crippen LogP contribution is -2.28. The summed E-state index contributed by atoms with van der Waals surface area (Å²) in [6, 6.07) is 12.0. The van der Waals surface area contributed by atoms with Crippen molar-refractivity contribution in [3.05, 3.63) is 58.1 Å². The van der Waals surface area contributed by atoms with Crippen molar-refractivity contribution in [1.29, 1.82) is 0 Å². The predicted octanol–water partition coefficient (Wildman–Crippen LogP) is 3.85. The number of benzene rings is 2. The van der Waals surface area contributed by atoms with Gasteiger partial charge < -0.3 is 14.8 Å². The topological polar surface area (TPSA) is 47.6 Å². The maximum atomic E-state index is 12.5. The van der Waals surface area contributed by atoms with Crippen LogP contribution in [-0.4, -0.2) is 19.1 Å². The number of carbonyl (C=O) groups excluding carboxylic acids is 1. The van der Waals surface area contributed by atoms with Gasteiger partial charge in [0.25, 0.3) is 0 Å². The molecule has 130 valence electrons. The summed E-state index contributed by atoms with van der Waals surface area (Å²) in [6.07, 6.45) is 3.06. The van der Waals surface area contributed by atoms with Crippen LogP contribution in [0.2, 0.25) is 5.02 Å². The van der Waals surface area contributed by atoms with Crippen LogP contribution in [0, 0.1) is 0 Å². The smallest absolute Gasteiger partial charge is 0.224 e. The molecule has 1 aliphatic heterocycles. The minimum absolute atomic E-state index is 0.00717. The second-order valence-corrected chi connectivity index (χ2v) is 6.90. The van der Waals surface area contributed by atoms with Gasteiger partial charge in [-0.3, -0.25) is 4.79 Å². The number of fused-ring (bicyclic) bond motifs is 2. The molecule has 2 aromatic carbocycles. The van der Waals surface area contributed by atoms with Crippen LogP contribution in [0.1, 0.15) is 35.6 Å². The molecule has 25 heavy (non-hydrogen) atoms. The monoisotopic (exact) mass is 357 g/mol. The van der Waals surface area contributed by atoms with Crippen LogP contribution in [0.3, 0.4) is 0 Å². The van der Waals surface area contributed by atoms with Crippen molar-refractivity contribution in [3.63, 3.8) is 0 Å². The molecule has 0 aromatic heterocycles. The standard InChI is InChI=1S/C20H20ClNO3/c21-16-10-13(11-18-20(16)25-9-3-8-24-18)12-19(23)22-17-7-6-14-4-1-2-5-15(14)17/h1-2,4-5,10-11,17H,3,6-9,12H2,(H,22,23). The number of ether oxygens (including phenoxy) is 2. The molecule has 4 rings (SSSR count). The van der Waals surface area contributed by atoms with Gasteiger partial charge in [-0.15, -0.1) is 0 Å². The molecule has 1 N–H and O–H groups in total. The summed E-state index contributed by atoms with van der Waals surface area (Å²) in [4.78, 5) is 12.5. The van der Waals surface area contributed by atoms with Gasteiger partial charge in [-0.05, 0) is 41.7 Å². The third kappa shape index (κ3) is 3.45. The summed E-state index contributed by atoms with van der Waals surface area (Å²) >= 11 is 6.30. The third-order valence-corrected chi connectivity index (χ3v) is 4.98. The molecular weight excluding hydrogens is 338 g/mol. The van der Waals surface area contributed by atoms with E-state index in [-0.39, 0.29) is 18.4 Å². The van der Waals surface area contributed by atoms with E-state index in [0.717, 1.165) is 24.8 Å². The van der Waals surface area contributed by atoms with Crippen LogP contribution in [0.15, 0.2) is 36.4 Å². The Balaban J connectivity index is 1.47. The van der Waals surface area contributed by atoms with Gasteiger partial charge >= 0.3 is 0 Å². The van der Waals surface area contributed by atoms with E-state index in [0.29, 0.717) is 29.7 Å². The molecule has 1 aliphatic carbocycles. The summed E-state index contributed by atoms with van der Waals surface area (Å²) in [5.41, 5.74) is 3.39. The molecule has 0 spiro atoms. The van der Waals surface area contributed by atoms with Gasteiger partial charge in [0.1, 0.15) is 0 Å². The first-order valence-electron chi connectivity index (χ1n) is 8.66. The molecule has 0 saturated heterocycles. The van der Waals surface area contributed by atoms with E-state index >= 15 is 0 Å². The zero-order valence-electron chi connectivity index (χ0n) is 13.9. The Bertz CT molecular complexity index is 806. The third-order valence-electron chi connectivity index (χ3n) is 4.69. The number of hydrogen-bond donors (Lipinski definition) is 1. The largest absolute Gasteiger partial charge is 0.489 e. The zero-order chi connectivity index (χ0) is 17.2. The van der Waals surface area contributed by atoms with Crippen LogP contribution in [0.25, 0.3) is 0 Å². The van der Waals surface area contributed by atoms with Crippen molar-refractivity contribution in [2.75, 3.05) is 13.2 Å². The lowest BCUT2D eigenvalue weighted by molar-refractivity contribution is -0.121. The Hall–Kier alpha value is -2.20. The van der Waals surface area contributed by atoms with E-state index < -0.39 is 0 Å². The predicted molar refractivity (Wildman–Crippen MR) is 96.4 cm³/mol. The summed E-state index contributed by atoms with van der Waals surface area (Å²) in [5.74, 6) is 1.19. The fourth-order valence-corrected chi connectivity index (χ4v) is 3.81. The normalized spacial score (nSPS) is 18.4. The van der Waals surface area contributed by atoms with Crippen molar-refractivity contribution < 1.29 is 14.3 Å². The van der Waals surface area contributed by atoms with Gasteiger partial charge in [0, 0.05) is 6.42 Å². The Morgan fingerprint density at radius 2 is 2.04 bits per heavy atom. The Kier molecular flexibility index (Phi) is 4.53. The van der Waals surface area contributed by atoms with E-state index in [2.05, 4.69) is 17.4 Å². The first kappa shape index (κ1) is 16.3. The van der Waals surface area contributed by atoms with Gasteiger partial charge in [0.15, 0.2) is 11.5 Å². The Labute approximate surface area is 152 Å². The average molecular weight is 358 g/mol. The quantitative estimate of drug-likeness (QED) is 0.907. The van der Waals surface area contributed by atoms with Crippen LogP contribution in [-0.2, 0) is 17.6 Å². The Morgan fingerprint density at radius 1 is 1.20 bits per heavy atom. The SMILES string of the molecule is O=C(Cc1cc(Cl)c2c(c1)OCCCO2)NC1CCc2ccccc21. The fraction of sp³-hybridized carbons (Fsp3) is 0.350. The zero-order valence-corrected chi connectivity index (χ0v) is 14.6. The number of halogens is 1. The van der Waals surface area contributed by atoms with Gasteiger partial charge in [-0.1, -0.05) is 35.9 Å². The van der Waals surface area contributed by atoms with E-state index in [1.165, 1.54) is 11.1 Å². The summed E-state index contributed by atoms with van der Waals surface area (Å²) in [6.45, 7) is 1.19. The van der Waals surface area contributed by atoms with Gasteiger partial charge in [0.05, 0.1) is 30.7 Å². The van der Waals surface area contributed by atoms with Crippen molar-refractivity contribution in [2.45, 2.75) is 31.7 Å². The Morgan fingerprint density at radius 3 is 2.96 bits per heavy atom. The maximum absolute atomic E-state index is 12.5. The number of carbonyl (C=O) groups is 1. The number of nitrogens with one attached hydrogen (secondary N) is 1. The molecule has 1 unspecified atom stereocenters. The number of amides is 1. The van der Waals surface area contributed by atoms with Crippen LogP contribution in [0.4, 0.5) is 0 Å². The van der Waals surface area contributed by atoms with Gasteiger partial charge in [0.2, 0.25) is 5.91 Å². The fourth-order valence-electron chi connectivity index (χ4n) is 3.52. The molecule has 0 fully saturated rings. The highest BCUT2D eigenvalue weighted by molar-refractivity contribution is 6.32. The molecule has 0 bridgehead atoms. The van der Waals surface area contributed by atoms with Crippen molar-refractivity contribution in [1.82, 2.24) is 5.32 Å². The highest BCUT2D eigenvalue weighted by Gasteiger charge is 2.24. The first-order chi connectivity index (χ1) is 12.2. The maximum Gasteiger partial charge on any atom is 0.224 e. The van der Waals surface area contributed by atoms with Crippen LogP contribution in [0.5, 0.6) is 11.5 Å². The van der Waals surface area contributed by atoms with Crippen molar-refractivity contribution in [2.24, 2.45) is 0 Å². The number of rotatable bonds is 3. The van der Waals surface area contributed by atoms with E-state index in [9.17, 15) is 4.79 Å². The van der Waals surface area contributed by atoms with Crippen molar-refractivity contribution >= 4 is 17.5 Å². The van der Waals surface area contributed by atoms with Crippen molar-refractivity contribution in [3.8, 4) is 11.5 Å². The first-order valence-corrected chi connectivity index (χ1v) is 9.03. The second kappa shape index (κ2) is 6.96. The molecule has 4 nitrogen and oxygen atoms in total. The highest BCUT2D eigenvalue weighted by atomic mass is 35.5. The van der Waals surface area contributed by atoms with E-state index in [1.54, 1.807) is 6.07 Å². The molecule has 0 radical (unpaired) electrons. The van der Waals surface area contributed by atoms with E-state index in [1.807, 2.05) is 18.2 Å². The molecule has 2 aliphatic rings. The second-order valence-electron chi connectivity index (χ2n) is 6.49. The number of hydrogen-bond acceptors (Lipinski definition) is 3. The highest BCUT2D eigenvalue weighted by Crippen LogP contribution is 2.38. The van der Waals surface area contributed by atoms with Crippen LogP contribution >= 0.6 is 11.6 Å².